The van der Waals surface area contributed by atoms with Crippen LogP contribution in [-0.2, 0) is 11.2 Å². The average molecular weight is 367 g/mol. The first-order valence-corrected chi connectivity index (χ1v) is 7.82. The van der Waals surface area contributed by atoms with Crippen LogP contribution >= 0.6 is 27.3 Å². The number of halogens is 1. The van der Waals surface area contributed by atoms with Crippen LogP contribution in [0.2, 0.25) is 0 Å². The molecule has 0 aliphatic heterocycles. The number of fused-ring (bicyclic) bond motifs is 1. The van der Waals surface area contributed by atoms with Gasteiger partial charge in [0.05, 0.1) is 11.9 Å². The molecular formula is C12H11BrN6OS. The van der Waals surface area contributed by atoms with E-state index >= 15 is 0 Å². The van der Waals surface area contributed by atoms with Crippen LogP contribution in [0.15, 0.2) is 22.9 Å². The molecule has 1 N–H and O–H groups in total. The van der Waals surface area contributed by atoms with Gasteiger partial charge in [-0.15, -0.1) is 10.2 Å². The Balaban J connectivity index is 1.59. The second-order valence-electron chi connectivity index (χ2n) is 4.36. The zero-order chi connectivity index (χ0) is 14.8. The largest absolute Gasteiger partial charge is 0.325 e. The molecule has 0 saturated carbocycles. The summed E-state index contributed by atoms with van der Waals surface area (Å²) in [6.45, 7) is 1.84. The summed E-state index contributed by atoms with van der Waals surface area (Å²) in [4.78, 5) is 16.7. The molecule has 0 saturated heterocycles. The molecule has 3 heterocycles. The first-order valence-electron chi connectivity index (χ1n) is 6.21. The smallest absolute Gasteiger partial charge is 0.234 e. The number of rotatable bonds is 4. The van der Waals surface area contributed by atoms with E-state index in [9.17, 15) is 4.79 Å². The van der Waals surface area contributed by atoms with E-state index in [2.05, 4.69) is 41.5 Å². The van der Waals surface area contributed by atoms with E-state index in [-0.39, 0.29) is 5.91 Å². The maximum absolute atomic E-state index is 11.9. The van der Waals surface area contributed by atoms with Gasteiger partial charge in [0, 0.05) is 12.8 Å². The van der Waals surface area contributed by atoms with E-state index < -0.39 is 0 Å². The summed E-state index contributed by atoms with van der Waals surface area (Å²) in [5.74, 6) is 0.680. The molecular weight excluding hydrogens is 356 g/mol. The molecule has 3 aromatic rings. The summed E-state index contributed by atoms with van der Waals surface area (Å²) < 4.78 is 2.42. The lowest BCUT2D eigenvalue weighted by atomic mass is 10.3. The van der Waals surface area contributed by atoms with E-state index in [1.807, 2.05) is 6.92 Å². The predicted octanol–water partition coefficient (Wildman–Crippen LogP) is 2.22. The second kappa shape index (κ2) is 5.86. The third-order valence-electron chi connectivity index (χ3n) is 2.77. The molecule has 108 valence electrons. The van der Waals surface area contributed by atoms with Crippen molar-refractivity contribution in [1.29, 1.82) is 0 Å². The van der Waals surface area contributed by atoms with Gasteiger partial charge in [-0.1, -0.05) is 11.3 Å². The Bertz CT molecular complexity index is 781. The van der Waals surface area contributed by atoms with Gasteiger partial charge in [-0.25, -0.2) is 4.98 Å². The second-order valence-corrected chi connectivity index (χ2v) is 6.21. The first-order chi connectivity index (χ1) is 10.1. The van der Waals surface area contributed by atoms with Gasteiger partial charge in [0.1, 0.15) is 9.61 Å². The molecule has 3 aromatic heterocycles. The minimum atomic E-state index is -0.0678. The number of aryl methyl sites for hydroxylation is 2. The molecule has 0 unspecified atom stereocenters. The van der Waals surface area contributed by atoms with Gasteiger partial charge in [-0.2, -0.15) is 9.61 Å². The molecule has 0 bridgehead atoms. The fourth-order valence-corrected chi connectivity index (χ4v) is 2.86. The van der Waals surface area contributed by atoms with Crippen molar-refractivity contribution in [3.63, 3.8) is 0 Å². The lowest BCUT2D eigenvalue weighted by Crippen LogP contribution is -2.12. The summed E-state index contributed by atoms with van der Waals surface area (Å²) >= 11 is 4.70. The van der Waals surface area contributed by atoms with Crippen molar-refractivity contribution in [2.24, 2.45) is 0 Å². The SMILES string of the molecule is Cc1nnc2sc(CCC(=O)Nc3ccc(Br)nc3)nn12. The van der Waals surface area contributed by atoms with Crippen LogP contribution in [0.5, 0.6) is 0 Å². The minimum Gasteiger partial charge on any atom is -0.325 e. The van der Waals surface area contributed by atoms with Crippen molar-refractivity contribution in [3.8, 4) is 0 Å². The summed E-state index contributed by atoms with van der Waals surface area (Å²) in [6.07, 6.45) is 2.54. The highest BCUT2D eigenvalue weighted by Crippen LogP contribution is 2.16. The van der Waals surface area contributed by atoms with Crippen LogP contribution in [-0.4, -0.2) is 30.7 Å². The quantitative estimate of drug-likeness (QED) is 0.715. The molecule has 0 atom stereocenters. The number of anilines is 1. The molecule has 1 amide bonds. The lowest BCUT2D eigenvalue weighted by molar-refractivity contribution is -0.116. The Kier molecular flexibility index (Phi) is 3.93. The van der Waals surface area contributed by atoms with E-state index in [1.165, 1.54) is 11.3 Å². The Morgan fingerprint density at radius 2 is 2.29 bits per heavy atom. The lowest BCUT2D eigenvalue weighted by Gasteiger charge is -2.03. The highest BCUT2D eigenvalue weighted by molar-refractivity contribution is 9.10. The van der Waals surface area contributed by atoms with Gasteiger partial charge < -0.3 is 5.32 Å². The number of nitrogens with zero attached hydrogens (tertiary/aromatic N) is 5. The number of carbonyl (C=O) groups is 1. The van der Waals surface area contributed by atoms with E-state index in [4.69, 9.17) is 0 Å². The Morgan fingerprint density at radius 1 is 1.43 bits per heavy atom. The fourth-order valence-electron chi connectivity index (χ4n) is 1.75. The molecule has 3 rings (SSSR count). The van der Waals surface area contributed by atoms with Gasteiger partial charge >= 0.3 is 0 Å². The molecule has 0 aliphatic rings. The zero-order valence-electron chi connectivity index (χ0n) is 11.1. The summed E-state index contributed by atoms with van der Waals surface area (Å²) in [5.41, 5.74) is 0.678. The Labute approximate surface area is 132 Å². The van der Waals surface area contributed by atoms with Gasteiger partial charge in [-0.05, 0) is 35.0 Å². The highest BCUT2D eigenvalue weighted by Gasteiger charge is 2.10. The minimum absolute atomic E-state index is 0.0678. The van der Waals surface area contributed by atoms with Gasteiger partial charge in [0.2, 0.25) is 10.9 Å². The maximum Gasteiger partial charge on any atom is 0.234 e. The normalized spacial score (nSPS) is 11.0. The summed E-state index contributed by atoms with van der Waals surface area (Å²) in [7, 11) is 0. The van der Waals surface area contributed by atoms with Crippen LogP contribution < -0.4 is 5.32 Å². The van der Waals surface area contributed by atoms with Crippen LogP contribution in [0, 0.1) is 6.92 Å². The topological polar surface area (TPSA) is 85.1 Å². The van der Waals surface area contributed by atoms with Crippen LogP contribution in [0.1, 0.15) is 17.3 Å². The maximum atomic E-state index is 11.9. The molecule has 0 fully saturated rings. The number of amides is 1. The number of carbonyl (C=O) groups excluding carboxylic acids is 1. The number of hydrogen-bond acceptors (Lipinski definition) is 6. The molecule has 0 aliphatic carbocycles. The van der Waals surface area contributed by atoms with E-state index in [0.29, 0.717) is 18.5 Å². The summed E-state index contributed by atoms with van der Waals surface area (Å²) in [6, 6.07) is 3.57. The molecule has 9 heteroatoms. The van der Waals surface area contributed by atoms with Gasteiger partial charge in [0.25, 0.3) is 0 Å². The van der Waals surface area contributed by atoms with Crippen molar-refractivity contribution in [1.82, 2.24) is 24.8 Å². The van der Waals surface area contributed by atoms with Gasteiger partial charge in [0.15, 0.2) is 5.82 Å². The molecule has 21 heavy (non-hydrogen) atoms. The van der Waals surface area contributed by atoms with Crippen molar-refractivity contribution >= 4 is 43.8 Å². The van der Waals surface area contributed by atoms with E-state index in [1.54, 1.807) is 22.8 Å². The van der Waals surface area contributed by atoms with Crippen LogP contribution in [0.25, 0.3) is 4.96 Å². The van der Waals surface area contributed by atoms with Crippen molar-refractivity contribution in [3.05, 3.63) is 33.8 Å². The van der Waals surface area contributed by atoms with Crippen molar-refractivity contribution in [2.75, 3.05) is 5.32 Å². The van der Waals surface area contributed by atoms with Crippen molar-refractivity contribution < 1.29 is 4.79 Å². The van der Waals surface area contributed by atoms with Gasteiger partial charge in [-0.3, -0.25) is 4.79 Å². The molecule has 0 aromatic carbocycles. The Morgan fingerprint density at radius 3 is 3.00 bits per heavy atom. The van der Waals surface area contributed by atoms with Crippen LogP contribution in [0.4, 0.5) is 5.69 Å². The standard InChI is InChI=1S/C12H11BrN6OS/c1-7-16-17-12-19(7)18-11(21-12)5-4-10(20)15-8-2-3-9(13)14-6-8/h2-3,6H,4-5H2,1H3,(H,15,20). The number of pyridine rings is 1. The third kappa shape index (κ3) is 3.24. The van der Waals surface area contributed by atoms with E-state index in [0.717, 1.165) is 20.4 Å². The Hall–Kier alpha value is -1.87. The number of aromatic nitrogens is 5. The number of nitrogens with one attached hydrogen (secondary N) is 1. The molecule has 0 spiro atoms. The highest BCUT2D eigenvalue weighted by atomic mass is 79.9. The predicted molar refractivity (Wildman–Crippen MR) is 82.3 cm³/mol. The average Bonchev–Trinajstić information content (AvgIpc) is 3.02. The number of hydrogen-bond donors (Lipinski definition) is 1. The first kappa shape index (κ1) is 14.1. The van der Waals surface area contributed by atoms with Crippen LogP contribution in [0.3, 0.4) is 0 Å². The monoisotopic (exact) mass is 366 g/mol. The molecule has 7 nitrogen and oxygen atoms in total. The zero-order valence-corrected chi connectivity index (χ0v) is 13.5. The summed E-state index contributed by atoms with van der Waals surface area (Å²) in [5, 5.41) is 16.0. The van der Waals surface area contributed by atoms with Crippen molar-refractivity contribution in [2.45, 2.75) is 19.8 Å². The fraction of sp³-hybridized carbons (Fsp3) is 0.250. The molecule has 0 radical (unpaired) electrons. The third-order valence-corrected chi connectivity index (χ3v) is 4.19.